The molecule has 0 aromatic carbocycles. The summed E-state index contributed by atoms with van der Waals surface area (Å²) >= 11 is 0. The first kappa shape index (κ1) is 19.5. The van der Waals surface area contributed by atoms with Gasteiger partial charge in [-0.1, -0.05) is 0 Å². The van der Waals surface area contributed by atoms with Gasteiger partial charge in [-0.25, -0.2) is 14.3 Å². The summed E-state index contributed by atoms with van der Waals surface area (Å²) in [7, 11) is 0. The Balaban J connectivity index is 2.52. The van der Waals surface area contributed by atoms with Gasteiger partial charge in [-0.2, -0.15) is 0 Å². The Morgan fingerprint density at radius 2 is 1.25 bits per heavy atom. The summed E-state index contributed by atoms with van der Waals surface area (Å²) in [5.74, 6) is 6.48. The molecule has 0 fully saturated rings. The molecule has 0 atom stereocenters. The first-order valence-electron chi connectivity index (χ1n) is 7.49. The molecule has 0 aliphatic carbocycles. The van der Waals surface area contributed by atoms with Crippen molar-refractivity contribution in [3.05, 3.63) is 11.6 Å². The first-order valence-corrected chi connectivity index (χ1v) is 7.49. The third-order valence-corrected chi connectivity index (χ3v) is 2.42. The van der Waals surface area contributed by atoms with Gasteiger partial charge < -0.3 is 25.9 Å². The third kappa shape index (κ3) is 7.16. The van der Waals surface area contributed by atoms with Gasteiger partial charge in [-0.15, -0.1) is 10.2 Å². The van der Waals surface area contributed by atoms with Crippen LogP contribution in [0.5, 0.6) is 0 Å². The van der Waals surface area contributed by atoms with Crippen molar-refractivity contribution in [2.24, 2.45) is 0 Å². The molecule has 1 rings (SSSR count). The lowest BCUT2D eigenvalue weighted by Crippen LogP contribution is -2.34. The third-order valence-electron chi connectivity index (χ3n) is 2.42. The quantitative estimate of drug-likeness (QED) is 0.696. The van der Waals surface area contributed by atoms with Crippen LogP contribution >= 0.6 is 0 Å². The smallest absolute Gasteiger partial charge is 0.408 e. The molecule has 1 aromatic heterocycles. The van der Waals surface area contributed by atoms with Gasteiger partial charge in [0, 0.05) is 0 Å². The normalized spacial score (nSPS) is 11.8. The summed E-state index contributed by atoms with van der Waals surface area (Å²) in [5.41, 5.74) is -1.19. The van der Waals surface area contributed by atoms with Crippen LogP contribution in [0.4, 0.5) is 9.59 Å². The molecule has 0 radical (unpaired) electrons. The van der Waals surface area contributed by atoms with Crippen LogP contribution in [0.3, 0.4) is 0 Å². The van der Waals surface area contributed by atoms with E-state index in [-0.39, 0.29) is 13.1 Å². The molecule has 24 heavy (non-hydrogen) atoms. The van der Waals surface area contributed by atoms with Crippen LogP contribution < -0.4 is 16.5 Å². The van der Waals surface area contributed by atoms with E-state index in [0.717, 1.165) is 0 Å². The van der Waals surface area contributed by atoms with E-state index in [2.05, 4.69) is 20.8 Å². The maximum absolute atomic E-state index is 11.6. The number of amides is 2. The fourth-order valence-electron chi connectivity index (χ4n) is 1.53. The second-order valence-corrected chi connectivity index (χ2v) is 7.11. The van der Waals surface area contributed by atoms with E-state index in [1.165, 1.54) is 4.68 Å². The van der Waals surface area contributed by atoms with Crippen LogP contribution in [0.25, 0.3) is 0 Å². The lowest BCUT2D eigenvalue weighted by Gasteiger charge is -2.19. The van der Waals surface area contributed by atoms with Crippen molar-refractivity contribution in [3.63, 3.8) is 0 Å². The van der Waals surface area contributed by atoms with Gasteiger partial charge in [0.25, 0.3) is 0 Å². The minimum Gasteiger partial charge on any atom is -0.444 e. The summed E-state index contributed by atoms with van der Waals surface area (Å²) in [6.45, 7) is 10.7. The van der Waals surface area contributed by atoms with E-state index in [1.54, 1.807) is 41.5 Å². The van der Waals surface area contributed by atoms with E-state index in [9.17, 15) is 9.59 Å². The summed E-state index contributed by atoms with van der Waals surface area (Å²) < 4.78 is 11.4. The molecule has 4 N–H and O–H groups in total. The van der Waals surface area contributed by atoms with Crippen molar-refractivity contribution in [3.8, 4) is 0 Å². The Hall–Kier alpha value is -2.52. The summed E-state index contributed by atoms with van der Waals surface area (Å²) in [6, 6.07) is 0. The molecule has 0 saturated carbocycles. The Kier molecular flexibility index (Phi) is 5.99. The number of alkyl carbamates (subject to hydrolysis) is 2. The highest BCUT2D eigenvalue weighted by atomic mass is 16.6. The summed E-state index contributed by atoms with van der Waals surface area (Å²) in [4.78, 5) is 23.2. The number of ether oxygens (including phenoxy) is 2. The van der Waals surface area contributed by atoms with Crippen LogP contribution in [0.1, 0.15) is 53.2 Å². The van der Waals surface area contributed by atoms with E-state index in [0.29, 0.717) is 11.6 Å². The molecule has 136 valence electrons. The number of carbonyl (C=O) groups excluding carboxylic acids is 2. The Morgan fingerprint density at radius 3 is 1.54 bits per heavy atom. The monoisotopic (exact) mass is 342 g/mol. The molecular formula is C14H26N6O4. The molecule has 10 nitrogen and oxygen atoms in total. The largest absolute Gasteiger partial charge is 0.444 e. The highest BCUT2D eigenvalue weighted by Crippen LogP contribution is 2.08. The van der Waals surface area contributed by atoms with Gasteiger partial charge in [-0.05, 0) is 41.5 Å². The van der Waals surface area contributed by atoms with Crippen molar-refractivity contribution >= 4 is 12.2 Å². The van der Waals surface area contributed by atoms with E-state index < -0.39 is 23.4 Å². The zero-order valence-electron chi connectivity index (χ0n) is 15.0. The van der Waals surface area contributed by atoms with Crippen LogP contribution in [-0.2, 0) is 22.6 Å². The minimum atomic E-state index is -0.594. The Labute approximate surface area is 141 Å². The first-order chi connectivity index (χ1) is 10.9. The average Bonchev–Trinajstić information content (AvgIpc) is 2.71. The molecule has 0 aliphatic rings. The van der Waals surface area contributed by atoms with Crippen LogP contribution in [0.15, 0.2) is 0 Å². The predicted molar refractivity (Wildman–Crippen MR) is 86.3 cm³/mol. The number of rotatable bonds is 4. The maximum Gasteiger partial charge on any atom is 0.408 e. The molecular weight excluding hydrogens is 316 g/mol. The van der Waals surface area contributed by atoms with Gasteiger partial charge in [-0.3, -0.25) is 0 Å². The summed E-state index contributed by atoms with van der Waals surface area (Å²) in [6.07, 6.45) is -1.17. The molecule has 0 unspecified atom stereocenters. The van der Waals surface area contributed by atoms with Crippen molar-refractivity contribution in [2.75, 3.05) is 5.84 Å². The standard InChI is InChI=1S/C14H26N6O4/c1-13(2,3)23-11(21)16-7-9-18-19-10(20(9)15)8-17-12(22)24-14(4,5)6/h7-8,15H2,1-6H3,(H,16,21)(H,17,22). The lowest BCUT2D eigenvalue weighted by atomic mass is 10.2. The van der Waals surface area contributed by atoms with Gasteiger partial charge in [0.2, 0.25) is 0 Å². The minimum absolute atomic E-state index is 0.0465. The van der Waals surface area contributed by atoms with Crippen molar-refractivity contribution < 1.29 is 19.1 Å². The van der Waals surface area contributed by atoms with Crippen LogP contribution in [-0.4, -0.2) is 38.3 Å². The molecule has 0 saturated heterocycles. The molecule has 2 amide bonds. The van der Waals surface area contributed by atoms with Gasteiger partial charge in [0.1, 0.15) is 11.2 Å². The zero-order chi connectivity index (χ0) is 18.5. The number of aromatic nitrogens is 3. The number of nitrogens with two attached hydrogens (primary N) is 1. The van der Waals surface area contributed by atoms with Crippen molar-refractivity contribution in [2.45, 2.75) is 65.8 Å². The second kappa shape index (κ2) is 7.37. The second-order valence-electron chi connectivity index (χ2n) is 7.11. The SMILES string of the molecule is CC(C)(C)OC(=O)NCc1nnc(CNC(=O)OC(C)(C)C)n1N. The van der Waals surface area contributed by atoms with Gasteiger partial charge in [0.05, 0.1) is 13.1 Å². The number of carbonyl (C=O) groups is 2. The highest BCUT2D eigenvalue weighted by Gasteiger charge is 2.19. The van der Waals surface area contributed by atoms with Crippen molar-refractivity contribution in [1.29, 1.82) is 0 Å². The molecule has 0 bridgehead atoms. The number of nitrogen functional groups attached to an aromatic ring is 1. The Morgan fingerprint density at radius 1 is 0.917 bits per heavy atom. The fourth-order valence-corrected chi connectivity index (χ4v) is 1.53. The number of hydrogen-bond donors (Lipinski definition) is 3. The van der Waals surface area contributed by atoms with Crippen LogP contribution in [0.2, 0.25) is 0 Å². The lowest BCUT2D eigenvalue weighted by molar-refractivity contribution is 0.0512. The average molecular weight is 342 g/mol. The molecule has 10 heteroatoms. The molecule has 1 heterocycles. The van der Waals surface area contributed by atoms with Crippen molar-refractivity contribution in [1.82, 2.24) is 25.5 Å². The van der Waals surface area contributed by atoms with E-state index in [1.807, 2.05) is 0 Å². The van der Waals surface area contributed by atoms with E-state index in [4.69, 9.17) is 15.3 Å². The van der Waals surface area contributed by atoms with E-state index >= 15 is 0 Å². The highest BCUT2D eigenvalue weighted by molar-refractivity contribution is 5.68. The number of nitrogens with one attached hydrogen (secondary N) is 2. The predicted octanol–water partition coefficient (Wildman–Crippen LogP) is 1.04. The fraction of sp³-hybridized carbons (Fsp3) is 0.714. The zero-order valence-corrected chi connectivity index (χ0v) is 15.0. The van der Waals surface area contributed by atoms with Gasteiger partial charge in [0.15, 0.2) is 11.6 Å². The van der Waals surface area contributed by atoms with Crippen LogP contribution in [0, 0.1) is 0 Å². The number of hydrogen-bond acceptors (Lipinski definition) is 7. The topological polar surface area (TPSA) is 133 Å². The summed E-state index contributed by atoms with van der Waals surface area (Å²) in [5, 5.41) is 12.8. The number of nitrogens with zero attached hydrogens (tertiary/aromatic N) is 3. The molecule has 0 aliphatic heterocycles. The molecule has 1 aromatic rings. The van der Waals surface area contributed by atoms with Gasteiger partial charge >= 0.3 is 12.2 Å². The Bertz CT molecular complexity index is 536. The molecule has 0 spiro atoms. The maximum atomic E-state index is 11.6.